The Kier molecular flexibility index (Phi) is 4.13. The van der Waals surface area contributed by atoms with Crippen LogP contribution in [0.25, 0.3) is 0 Å². The number of thiophene rings is 1. The summed E-state index contributed by atoms with van der Waals surface area (Å²) >= 11 is 1.18. The minimum atomic E-state index is -0.755. The van der Waals surface area contributed by atoms with Gasteiger partial charge in [0, 0.05) is 23.8 Å². The lowest BCUT2D eigenvalue weighted by Gasteiger charge is -2.24. The van der Waals surface area contributed by atoms with Gasteiger partial charge in [-0.2, -0.15) is 5.26 Å². The Balaban J connectivity index is 2.19. The van der Waals surface area contributed by atoms with Gasteiger partial charge in [-0.25, -0.2) is 4.39 Å². The van der Waals surface area contributed by atoms with E-state index in [2.05, 4.69) is 11.1 Å². The van der Waals surface area contributed by atoms with Crippen LogP contribution in [0.4, 0.5) is 4.39 Å². The summed E-state index contributed by atoms with van der Waals surface area (Å²) in [4.78, 5) is 4.04. The van der Waals surface area contributed by atoms with Crippen LogP contribution in [-0.4, -0.2) is 11.6 Å². The Labute approximate surface area is 115 Å². The van der Waals surface area contributed by atoms with Crippen LogP contribution in [0, 0.1) is 17.1 Å². The molecule has 0 saturated carbocycles. The second-order valence-electron chi connectivity index (χ2n) is 4.16. The maximum atomic E-state index is 12.9. The standard InChI is InChI=1S/C14H13FN2OS/c1-2-14(9-16,11-4-3-5-17-7-11)10-18-13-6-12(15)8-19-13/h3-8H,2,10H2,1H3. The van der Waals surface area contributed by atoms with Crippen molar-refractivity contribution in [3.63, 3.8) is 0 Å². The fourth-order valence-corrected chi connectivity index (χ4v) is 2.38. The molecule has 2 heterocycles. The summed E-state index contributed by atoms with van der Waals surface area (Å²) in [6.45, 7) is 2.11. The second-order valence-corrected chi connectivity index (χ2v) is 5.04. The molecular weight excluding hydrogens is 263 g/mol. The van der Waals surface area contributed by atoms with E-state index in [1.807, 2.05) is 13.0 Å². The average molecular weight is 276 g/mol. The minimum absolute atomic E-state index is 0.186. The van der Waals surface area contributed by atoms with Crippen molar-refractivity contribution in [1.82, 2.24) is 4.98 Å². The molecule has 0 fully saturated rings. The predicted octanol–water partition coefficient (Wildman–Crippen LogP) is 3.53. The molecule has 0 aliphatic carbocycles. The van der Waals surface area contributed by atoms with Crippen molar-refractivity contribution < 1.29 is 9.13 Å². The molecule has 2 rings (SSSR count). The van der Waals surface area contributed by atoms with Crippen LogP contribution < -0.4 is 4.74 Å². The molecule has 0 saturated heterocycles. The molecule has 0 aliphatic rings. The molecule has 0 radical (unpaired) electrons. The molecule has 1 atom stereocenters. The van der Waals surface area contributed by atoms with Crippen molar-refractivity contribution in [3.8, 4) is 11.1 Å². The van der Waals surface area contributed by atoms with Gasteiger partial charge in [-0.3, -0.25) is 4.98 Å². The summed E-state index contributed by atoms with van der Waals surface area (Å²) in [6, 6.07) is 7.28. The monoisotopic (exact) mass is 276 g/mol. The van der Waals surface area contributed by atoms with Gasteiger partial charge in [0.15, 0.2) is 5.06 Å². The van der Waals surface area contributed by atoms with Gasteiger partial charge in [-0.05, 0) is 18.1 Å². The SMILES string of the molecule is CCC(C#N)(COc1cc(F)cs1)c1cccnc1. The number of ether oxygens (including phenoxy) is 1. The Bertz CT molecular complexity index is 579. The molecular formula is C14H13FN2OS. The summed E-state index contributed by atoms with van der Waals surface area (Å²) in [5, 5.41) is 11.3. The summed E-state index contributed by atoms with van der Waals surface area (Å²) in [5.74, 6) is -0.319. The van der Waals surface area contributed by atoms with Gasteiger partial charge in [0.2, 0.25) is 0 Å². The van der Waals surface area contributed by atoms with E-state index < -0.39 is 5.41 Å². The molecule has 3 nitrogen and oxygen atoms in total. The van der Waals surface area contributed by atoms with Gasteiger partial charge < -0.3 is 4.74 Å². The van der Waals surface area contributed by atoms with Crippen LogP contribution in [0.2, 0.25) is 0 Å². The minimum Gasteiger partial charge on any atom is -0.482 e. The number of nitriles is 1. The third-order valence-corrected chi connectivity index (χ3v) is 3.85. The molecule has 0 aliphatic heterocycles. The van der Waals surface area contributed by atoms with E-state index >= 15 is 0 Å². The lowest BCUT2D eigenvalue weighted by atomic mass is 9.81. The van der Waals surface area contributed by atoms with Crippen molar-refractivity contribution in [2.24, 2.45) is 0 Å². The van der Waals surface area contributed by atoms with Gasteiger partial charge in [-0.1, -0.05) is 13.0 Å². The van der Waals surface area contributed by atoms with Gasteiger partial charge >= 0.3 is 0 Å². The van der Waals surface area contributed by atoms with E-state index in [1.165, 1.54) is 22.8 Å². The van der Waals surface area contributed by atoms with Crippen molar-refractivity contribution in [2.75, 3.05) is 6.61 Å². The number of halogens is 1. The lowest BCUT2D eigenvalue weighted by Crippen LogP contribution is -2.31. The molecule has 0 aromatic carbocycles. The first-order valence-corrected chi connectivity index (χ1v) is 6.77. The zero-order valence-corrected chi connectivity index (χ0v) is 11.3. The first kappa shape index (κ1) is 13.5. The molecule has 2 aromatic heterocycles. The van der Waals surface area contributed by atoms with Crippen LogP contribution >= 0.6 is 11.3 Å². The van der Waals surface area contributed by atoms with Crippen molar-refractivity contribution in [2.45, 2.75) is 18.8 Å². The normalized spacial score (nSPS) is 13.5. The number of rotatable bonds is 5. The van der Waals surface area contributed by atoms with Gasteiger partial charge in [0.05, 0.1) is 6.07 Å². The lowest BCUT2D eigenvalue weighted by molar-refractivity contribution is 0.253. The largest absolute Gasteiger partial charge is 0.482 e. The maximum absolute atomic E-state index is 12.9. The molecule has 5 heteroatoms. The predicted molar refractivity (Wildman–Crippen MR) is 71.6 cm³/mol. The summed E-state index contributed by atoms with van der Waals surface area (Å²) in [6.07, 6.45) is 3.94. The van der Waals surface area contributed by atoms with Crippen LogP contribution in [0.5, 0.6) is 5.06 Å². The molecule has 0 amide bonds. The Morgan fingerprint density at radius 3 is 2.95 bits per heavy atom. The molecule has 2 aromatic rings. The molecule has 19 heavy (non-hydrogen) atoms. The summed E-state index contributed by atoms with van der Waals surface area (Å²) in [7, 11) is 0. The van der Waals surface area contributed by atoms with Crippen LogP contribution in [0.1, 0.15) is 18.9 Å². The van der Waals surface area contributed by atoms with Crippen LogP contribution in [0.15, 0.2) is 36.0 Å². The quantitative estimate of drug-likeness (QED) is 0.839. The summed E-state index contributed by atoms with van der Waals surface area (Å²) in [5.41, 5.74) is 0.0615. The van der Waals surface area contributed by atoms with E-state index in [0.717, 1.165) is 5.56 Å². The van der Waals surface area contributed by atoms with Gasteiger partial charge in [0.25, 0.3) is 0 Å². The third kappa shape index (κ3) is 2.91. The molecule has 0 bridgehead atoms. The topological polar surface area (TPSA) is 45.9 Å². The van der Waals surface area contributed by atoms with E-state index in [4.69, 9.17) is 4.74 Å². The second kappa shape index (κ2) is 5.81. The van der Waals surface area contributed by atoms with Crippen molar-refractivity contribution in [1.29, 1.82) is 5.26 Å². The maximum Gasteiger partial charge on any atom is 0.176 e. The van der Waals surface area contributed by atoms with Crippen molar-refractivity contribution >= 4 is 11.3 Å². The fraction of sp³-hybridized carbons (Fsp3) is 0.286. The zero-order chi connectivity index (χ0) is 13.7. The van der Waals surface area contributed by atoms with E-state index in [1.54, 1.807) is 18.5 Å². The highest BCUT2D eigenvalue weighted by atomic mass is 32.1. The molecule has 0 N–H and O–H groups in total. The number of pyridine rings is 1. The zero-order valence-electron chi connectivity index (χ0n) is 10.5. The number of hydrogen-bond donors (Lipinski definition) is 0. The van der Waals surface area contributed by atoms with E-state index in [9.17, 15) is 9.65 Å². The van der Waals surface area contributed by atoms with Gasteiger partial charge in [-0.15, -0.1) is 11.3 Å². The van der Waals surface area contributed by atoms with Crippen molar-refractivity contribution in [3.05, 3.63) is 47.4 Å². The summed E-state index contributed by atoms with van der Waals surface area (Å²) < 4.78 is 18.4. The van der Waals surface area contributed by atoms with Crippen LogP contribution in [-0.2, 0) is 5.41 Å². The Morgan fingerprint density at radius 2 is 2.42 bits per heavy atom. The molecule has 1 unspecified atom stereocenters. The number of hydrogen-bond acceptors (Lipinski definition) is 4. The van der Waals surface area contributed by atoms with Gasteiger partial charge in [0.1, 0.15) is 17.8 Å². The first-order valence-electron chi connectivity index (χ1n) is 5.89. The fourth-order valence-electron chi connectivity index (χ4n) is 1.78. The third-order valence-electron chi connectivity index (χ3n) is 3.04. The molecule has 98 valence electrons. The highest BCUT2D eigenvalue weighted by Crippen LogP contribution is 2.30. The number of aromatic nitrogens is 1. The first-order chi connectivity index (χ1) is 9.20. The highest BCUT2D eigenvalue weighted by molar-refractivity contribution is 7.11. The molecule has 0 spiro atoms. The average Bonchev–Trinajstić information content (AvgIpc) is 2.88. The smallest absolute Gasteiger partial charge is 0.176 e. The Hall–Kier alpha value is -1.93. The number of nitrogens with zero attached hydrogens (tertiary/aromatic N) is 2. The Morgan fingerprint density at radius 1 is 1.58 bits per heavy atom. The van der Waals surface area contributed by atoms with Crippen LogP contribution in [0.3, 0.4) is 0 Å². The highest BCUT2D eigenvalue weighted by Gasteiger charge is 2.32. The van der Waals surface area contributed by atoms with E-state index in [-0.39, 0.29) is 12.4 Å². The van der Waals surface area contributed by atoms with E-state index in [0.29, 0.717) is 11.5 Å².